The SMILES string of the molecule is CCOc1ccc(N/C(=C(\C(=Nc2ccccc2O)C(Cl)Cl)[N+](=O)[O-])n2nnc3ccccc32)cc1. The molecule has 0 aliphatic carbocycles. The maximum absolute atomic E-state index is 12.5. The molecule has 0 atom stereocenters. The van der Waals surface area contributed by atoms with Crippen molar-refractivity contribution in [1.29, 1.82) is 0 Å². The number of ether oxygens (including phenoxy) is 1. The largest absolute Gasteiger partial charge is 0.506 e. The van der Waals surface area contributed by atoms with Crippen LogP contribution in [0.1, 0.15) is 6.92 Å². The number of nitrogens with zero attached hydrogens (tertiary/aromatic N) is 5. The zero-order valence-electron chi connectivity index (χ0n) is 18.9. The Kier molecular flexibility index (Phi) is 7.67. The number of aromatic nitrogens is 3. The molecule has 0 bridgehead atoms. The molecule has 0 saturated heterocycles. The molecular weight excluding hydrogens is 507 g/mol. The fourth-order valence-corrected chi connectivity index (χ4v) is 3.68. The number of benzene rings is 3. The summed E-state index contributed by atoms with van der Waals surface area (Å²) in [5.74, 6) is 0.343. The topological polar surface area (TPSA) is 128 Å². The van der Waals surface area contributed by atoms with Gasteiger partial charge in [-0.15, -0.1) is 5.10 Å². The van der Waals surface area contributed by atoms with Crippen LogP contribution in [0.4, 0.5) is 11.4 Å². The quantitative estimate of drug-likeness (QED) is 0.125. The van der Waals surface area contributed by atoms with E-state index in [1.165, 1.54) is 16.8 Å². The van der Waals surface area contributed by atoms with Crippen LogP contribution in [0.15, 0.2) is 83.5 Å². The first-order valence-corrected chi connectivity index (χ1v) is 11.6. The molecule has 0 fully saturated rings. The van der Waals surface area contributed by atoms with E-state index in [-0.39, 0.29) is 23.0 Å². The minimum Gasteiger partial charge on any atom is -0.506 e. The van der Waals surface area contributed by atoms with Crippen LogP contribution in [0.3, 0.4) is 0 Å². The molecule has 0 unspecified atom stereocenters. The molecule has 0 spiro atoms. The molecule has 2 N–H and O–H groups in total. The number of halogens is 2. The van der Waals surface area contributed by atoms with E-state index in [9.17, 15) is 15.2 Å². The van der Waals surface area contributed by atoms with Gasteiger partial charge < -0.3 is 15.2 Å². The van der Waals surface area contributed by atoms with Crippen molar-refractivity contribution in [2.45, 2.75) is 11.8 Å². The number of aliphatic imine (C=N–C) groups is 1. The number of rotatable bonds is 9. The molecule has 0 aliphatic heterocycles. The number of phenolic OH excluding ortho intramolecular Hbond substituents is 1. The van der Waals surface area contributed by atoms with Gasteiger partial charge in [0.15, 0.2) is 10.5 Å². The van der Waals surface area contributed by atoms with Gasteiger partial charge in [0.2, 0.25) is 5.82 Å². The van der Waals surface area contributed by atoms with Crippen molar-refractivity contribution < 1.29 is 14.8 Å². The fraction of sp³-hybridized carbons (Fsp3) is 0.125. The van der Waals surface area contributed by atoms with Gasteiger partial charge in [-0.2, -0.15) is 4.68 Å². The standard InChI is InChI=1S/C24H20Cl2N6O4/c1-2-36-16-13-11-15(12-14-16)27-24(31-19-9-5-3-7-17(19)29-30-31)22(32(34)35)21(23(25)26)28-18-8-4-6-10-20(18)33/h3-14,23,27,33H,2H2,1H3/b24-22-,28-21?. The second-order valence-corrected chi connectivity index (χ2v) is 8.41. The van der Waals surface area contributed by atoms with Crippen molar-refractivity contribution in [3.8, 4) is 11.5 Å². The smallest absolute Gasteiger partial charge is 0.335 e. The Morgan fingerprint density at radius 1 is 1.14 bits per heavy atom. The summed E-state index contributed by atoms with van der Waals surface area (Å²) < 4.78 is 6.75. The number of hydrogen-bond acceptors (Lipinski definition) is 8. The molecule has 0 aliphatic rings. The minimum absolute atomic E-state index is 0.0574. The summed E-state index contributed by atoms with van der Waals surface area (Å²) in [6.45, 7) is 2.36. The first-order valence-electron chi connectivity index (χ1n) is 10.7. The van der Waals surface area contributed by atoms with E-state index in [0.717, 1.165) is 0 Å². The Hall–Kier alpha value is -4.15. The summed E-state index contributed by atoms with van der Waals surface area (Å²) in [4.78, 5) is 14.7. The molecule has 10 nitrogen and oxygen atoms in total. The highest BCUT2D eigenvalue weighted by molar-refractivity contribution is 6.56. The second kappa shape index (κ2) is 11.1. The first kappa shape index (κ1) is 25.0. The Labute approximate surface area is 215 Å². The normalized spacial score (nSPS) is 12.5. The second-order valence-electron chi connectivity index (χ2n) is 7.31. The highest BCUT2D eigenvalue weighted by atomic mass is 35.5. The number of nitrogens with one attached hydrogen (secondary N) is 1. The number of fused-ring (bicyclic) bond motifs is 1. The molecule has 1 aromatic heterocycles. The van der Waals surface area contributed by atoms with Crippen molar-refractivity contribution >= 4 is 57.1 Å². The van der Waals surface area contributed by atoms with Gasteiger partial charge in [0, 0.05) is 5.69 Å². The molecule has 0 radical (unpaired) electrons. The van der Waals surface area contributed by atoms with E-state index in [4.69, 9.17) is 27.9 Å². The highest BCUT2D eigenvalue weighted by Gasteiger charge is 2.33. The fourth-order valence-electron chi connectivity index (χ4n) is 3.38. The van der Waals surface area contributed by atoms with E-state index in [1.54, 1.807) is 60.7 Å². The maximum Gasteiger partial charge on any atom is 0.335 e. The highest BCUT2D eigenvalue weighted by Crippen LogP contribution is 2.30. The lowest BCUT2D eigenvalue weighted by Gasteiger charge is -2.15. The van der Waals surface area contributed by atoms with Gasteiger partial charge in [-0.25, -0.2) is 4.99 Å². The van der Waals surface area contributed by atoms with Gasteiger partial charge in [0.1, 0.15) is 22.7 Å². The lowest BCUT2D eigenvalue weighted by atomic mass is 10.2. The summed E-state index contributed by atoms with van der Waals surface area (Å²) in [6, 6.07) is 19.9. The Balaban J connectivity index is 1.96. The first-order chi connectivity index (χ1) is 17.4. The van der Waals surface area contributed by atoms with Crippen LogP contribution >= 0.6 is 23.2 Å². The van der Waals surface area contributed by atoms with Crippen LogP contribution < -0.4 is 10.1 Å². The van der Waals surface area contributed by atoms with Gasteiger partial charge in [-0.1, -0.05) is 52.7 Å². The lowest BCUT2D eigenvalue weighted by Crippen LogP contribution is -2.25. The Morgan fingerprint density at radius 2 is 1.83 bits per heavy atom. The van der Waals surface area contributed by atoms with Crippen molar-refractivity contribution in [3.05, 3.63) is 88.6 Å². The number of para-hydroxylation sites is 3. The van der Waals surface area contributed by atoms with Crippen LogP contribution in [0.2, 0.25) is 0 Å². The van der Waals surface area contributed by atoms with Crippen molar-refractivity contribution in [1.82, 2.24) is 15.0 Å². The summed E-state index contributed by atoms with van der Waals surface area (Å²) >= 11 is 12.4. The summed E-state index contributed by atoms with van der Waals surface area (Å²) in [6.07, 6.45) is 0. The zero-order valence-corrected chi connectivity index (χ0v) is 20.4. The van der Waals surface area contributed by atoms with E-state index >= 15 is 0 Å². The number of alkyl halides is 2. The molecular formula is C24H20Cl2N6O4. The molecule has 12 heteroatoms. The van der Waals surface area contributed by atoms with E-state index < -0.39 is 15.5 Å². The Morgan fingerprint density at radius 3 is 2.50 bits per heavy atom. The maximum atomic E-state index is 12.5. The van der Waals surface area contributed by atoms with E-state index in [1.807, 2.05) is 6.92 Å². The molecule has 4 rings (SSSR count). The molecule has 184 valence electrons. The average Bonchev–Trinajstić information content (AvgIpc) is 3.29. The zero-order chi connectivity index (χ0) is 25.7. The predicted octanol–water partition coefficient (Wildman–Crippen LogP) is 5.63. The van der Waals surface area contributed by atoms with Gasteiger partial charge >= 0.3 is 5.70 Å². The number of hydrogen-bond donors (Lipinski definition) is 2. The number of allylic oxidation sites excluding steroid dienone is 1. The summed E-state index contributed by atoms with van der Waals surface area (Å²) in [5.41, 5.74) is 0.694. The molecule has 0 amide bonds. The summed E-state index contributed by atoms with van der Waals surface area (Å²) in [7, 11) is 0. The van der Waals surface area contributed by atoms with Crippen molar-refractivity contribution in [2.75, 3.05) is 11.9 Å². The van der Waals surface area contributed by atoms with Gasteiger partial charge in [0.05, 0.1) is 17.0 Å². The van der Waals surface area contributed by atoms with Crippen molar-refractivity contribution in [2.24, 2.45) is 4.99 Å². The third-order valence-corrected chi connectivity index (χ3v) is 5.38. The number of anilines is 1. The third kappa shape index (κ3) is 5.40. The van der Waals surface area contributed by atoms with Gasteiger partial charge in [0.25, 0.3) is 0 Å². The monoisotopic (exact) mass is 526 g/mol. The van der Waals surface area contributed by atoms with Crippen LogP contribution in [0.5, 0.6) is 11.5 Å². The molecule has 1 heterocycles. The molecule has 0 saturated carbocycles. The third-order valence-electron chi connectivity index (χ3n) is 4.97. The van der Waals surface area contributed by atoms with Crippen molar-refractivity contribution in [3.63, 3.8) is 0 Å². The number of phenols is 1. The Bertz CT molecular complexity index is 1450. The molecule has 36 heavy (non-hydrogen) atoms. The van der Waals surface area contributed by atoms with Crippen LogP contribution in [-0.4, -0.2) is 42.2 Å². The molecule has 4 aromatic rings. The van der Waals surface area contributed by atoms with Gasteiger partial charge in [-0.3, -0.25) is 10.1 Å². The average molecular weight is 527 g/mol. The lowest BCUT2D eigenvalue weighted by molar-refractivity contribution is -0.414. The van der Waals surface area contributed by atoms with Crippen LogP contribution in [0, 0.1) is 10.1 Å². The number of aromatic hydroxyl groups is 1. The van der Waals surface area contributed by atoms with Crippen LogP contribution in [0.25, 0.3) is 16.9 Å². The minimum atomic E-state index is -1.42. The van der Waals surface area contributed by atoms with E-state index in [0.29, 0.717) is 29.1 Å². The summed E-state index contributed by atoms with van der Waals surface area (Å²) in [5, 5.41) is 34.0. The number of nitro groups is 1. The molecule has 3 aromatic carbocycles. The van der Waals surface area contributed by atoms with Gasteiger partial charge in [-0.05, 0) is 55.5 Å². The predicted molar refractivity (Wildman–Crippen MR) is 140 cm³/mol. The van der Waals surface area contributed by atoms with E-state index in [2.05, 4.69) is 20.6 Å². The van der Waals surface area contributed by atoms with Crippen LogP contribution in [-0.2, 0) is 0 Å².